The molecule has 2 N–H and O–H groups in total. The Morgan fingerprint density at radius 1 is 1.60 bits per heavy atom. The van der Waals surface area contributed by atoms with Crippen LogP contribution >= 0.6 is 0 Å². The van der Waals surface area contributed by atoms with Crippen molar-refractivity contribution in [1.29, 1.82) is 5.26 Å². The summed E-state index contributed by atoms with van der Waals surface area (Å²) in [6.45, 7) is 3.16. The molecule has 0 spiro atoms. The Kier molecular flexibility index (Phi) is 3.15. The second-order valence-corrected chi connectivity index (χ2v) is 3.78. The molecule has 2 heterocycles. The first-order valence-corrected chi connectivity index (χ1v) is 5.19. The van der Waals surface area contributed by atoms with Crippen molar-refractivity contribution in [2.45, 2.75) is 6.42 Å². The Labute approximate surface area is 89.3 Å². The van der Waals surface area contributed by atoms with Gasteiger partial charge in [0.15, 0.2) is 0 Å². The van der Waals surface area contributed by atoms with Gasteiger partial charge in [-0.15, -0.1) is 0 Å². The summed E-state index contributed by atoms with van der Waals surface area (Å²) in [6.07, 6.45) is 2.82. The van der Waals surface area contributed by atoms with Crippen LogP contribution in [0, 0.1) is 17.2 Å². The van der Waals surface area contributed by atoms with E-state index in [9.17, 15) is 0 Å². The zero-order valence-corrected chi connectivity index (χ0v) is 8.53. The monoisotopic (exact) mass is 202 g/mol. The van der Waals surface area contributed by atoms with Crippen LogP contribution in [-0.4, -0.2) is 24.6 Å². The van der Waals surface area contributed by atoms with Gasteiger partial charge in [-0.3, -0.25) is 0 Å². The summed E-state index contributed by atoms with van der Waals surface area (Å²) in [5.74, 6) is 1.54. The van der Waals surface area contributed by atoms with Gasteiger partial charge in [0.2, 0.25) is 0 Å². The van der Waals surface area contributed by atoms with Gasteiger partial charge in [0.1, 0.15) is 11.9 Å². The quantitative estimate of drug-likeness (QED) is 0.767. The zero-order chi connectivity index (χ0) is 10.5. The average molecular weight is 202 g/mol. The average Bonchev–Trinajstić information content (AvgIpc) is 2.80. The number of pyridine rings is 1. The fourth-order valence-corrected chi connectivity index (χ4v) is 1.70. The Morgan fingerprint density at radius 3 is 3.13 bits per heavy atom. The van der Waals surface area contributed by atoms with E-state index < -0.39 is 0 Å². The minimum absolute atomic E-state index is 0.600. The van der Waals surface area contributed by atoms with E-state index in [4.69, 9.17) is 5.26 Å². The minimum Gasteiger partial charge on any atom is -0.370 e. The Bertz CT molecular complexity index is 346. The maximum Gasteiger partial charge on any atom is 0.125 e. The summed E-state index contributed by atoms with van der Waals surface area (Å²) in [6, 6.07) is 5.68. The lowest BCUT2D eigenvalue weighted by atomic mass is 10.1. The van der Waals surface area contributed by atoms with E-state index >= 15 is 0 Å². The summed E-state index contributed by atoms with van der Waals surface area (Å²) in [7, 11) is 0. The topological polar surface area (TPSA) is 60.7 Å². The minimum atomic E-state index is 0.600. The molecule has 0 amide bonds. The third kappa shape index (κ3) is 2.67. The number of rotatable bonds is 3. The lowest BCUT2D eigenvalue weighted by Crippen LogP contribution is -2.17. The Balaban J connectivity index is 1.85. The molecule has 1 aromatic heterocycles. The largest absolute Gasteiger partial charge is 0.370 e. The lowest BCUT2D eigenvalue weighted by molar-refractivity contribution is 0.614. The van der Waals surface area contributed by atoms with Crippen molar-refractivity contribution in [1.82, 2.24) is 10.3 Å². The van der Waals surface area contributed by atoms with E-state index in [-0.39, 0.29) is 0 Å². The van der Waals surface area contributed by atoms with Crippen molar-refractivity contribution in [3.05, 3.63) is 23.9 Å². The van der Waals surface area contributed by atoms with Gasteiger partial charge in [0, 0.05) is 12.7 Å². The summed E-state index contributed by atoms with van der Waals surface area (Å²) in [5, 5.41) is 15.2. The molecule has 4 heteroatoms. The van der Waals surface area contributed by atoms with E-state index in [0.29, 0.717) is 11.5 Å². The van der Waals surface area contributed by atoms with Gasteiger partial charge in [-0.05, 0) is 37.6 Å². The molecule has 1 atom stereocenters. The van der Waals surface area contributed by atoms with Crippen LogP contribution in [0.3, 0.4) is 0 Å². The first kappa shape index (κ1) is 9.94. The molecule has 0 saturated carbocycles. The molecule has 1 fully saturated rings. The molecule has 4 nitrogen and oxygen atoms in total. The van der Waals surface area contributed by atoms with E-state index in [0.717, 1.165) is 25.5 Å². The van der Waals surface area contributed by atoms with Gasteiger partial charge in [0.05, 0.1) is 5.56 Å². The summed E-state index contributed by atoms with van der Waals surface area (Å²) in [5.41, 5.74) is 0.600. The molecular formula is C11H14N4. The predicted molar refractivity (Wildman–Crippen MR) is 58.4 cm³/mol. The third-order valence-electron chi connectivity index (χ3n) is 2.63. The van der Waals surface area contributed by atoms with Crippen molar-refractivity contribution in [2.75, 3.05) is 25.0 Å². The number of hydrogen-bond donors (Lipinski definition) is 2. The summed E-state index contributed by atoms with van der Waals surface area (Å²) >= 11 is 0. The van der Waals surface area contributed by atoms with E-state index in [1.807, 2.05) is 6.07 Å². The van der Waals surface area contributed by atoms with Crippen molar-refractivity contribution in [2.24, 2.45) is 5.92 Å². The van der Waals surface area contributed by atoms with Crippen LogP contribution in [0.15, 0.2) is 18.3 Å². The molecule has 1 aliphatic rings. The fraction of sp³-hybridized carbons (Fsp3) is 0.455. The Hall–Kier alpha value is -1.60. The van der Waals surface area contributed by atoms with Gasteiger partial charge in [-0.25, -0.2) is 4.98 Å². The SMILES string of the molecule is N#Cc1ccc(NC[C@H]2CCNC2)nc1. The predicted octanol–water partition coefficient (Wildman–Crippen LogP) is 0.975. The molecule has 1 aliphatic heterocycles. The molecule has 0 aromatic carbocycles. The van der Waals surface area contributed by atoms with Crippen LogP contribution in [0.4, 0.5) is 5.82 Å². The number of aromatic nitrogens is 1. The van der Waals surface area contributed by atoms with Gasteiger partial charge in [-0.1, -0.05) is 0 Å². The number of hydrogen-bond acceptors (Lipinski definition) is 4. The van der Waals surface area contributed by atoms with Crippen molar-refractivity contribution in [3.8, 4) is 6.07 Å². The summed E-state index contributed by atoms with van der Waals surface area (Å²) in [4.78, 5) is 4.16. The van der Waals surface area contributed by atoms with Gasteiger partial charge >= 0.3 is 0 Å². The number of nitrogens with zero attached hydrogens (tertiary/aromatic N) is 2. The maximum absolute atomic E-state index is 8.61. The lowest BCUT2D eigenvalue weighted by Gasteiger charge is -2.10. The normalized spacial score (nSPS) is 19.8. The summed E-state index contributed by atoms with van der Waals surface area (Å²) < 4.78 is 0. The van der Waals surface area contributed by atoms with Crippen molar-refractivity contribution in [3.63, 3.8) is 0 Å². The highest BCUT2D eigenvalue weighted by Gasteiger charge is 2.13. The second kappa shape index (κ2) is 4.76. The standard InChI is InChI=1S/C11H14N4/c12-5-9-1-2-11(14-7-9)15-8-10-3-4-13-6-10/h1-2,7,10,13H,3-4,6,8H2,(H,14,15)/t10-/m0/s1. The third-order valence-corrected chi connectivity index (χ3v) is 2.63. The van der Waals surface area contributed by atoms with Crippen LogP contribution in [0.1, 0.15) is 12.0 Å². The van der Waals surface area contributed by atoms with Gasteiger partial charge in [-0.2, -0.15) is 5.26 Å². The molecule has 15 heavy (non-hydrogen) atoms. The molecule has 0 bridgehead atoms. The number of nitriles is 1. The van der Waals surface area contributed by atoms with Gasteiger partial charge in [0.25, 0.3) is 0 Å². The Morgan fingerprint density at radius 2 is 2.53 bits per heavy atom. The van der Waals surface area contributed by atoms with Crippen LogP contribution in [-0.2, 0) is 0 Å². The first-order valence-electron chi connectivity index (χ1n) is 5.19. The van der Waals surface area contributed by atoms with Crippen LogP contribution in [0.2, 0.25) is 0 Å². The second-order valence-electron chi connectivity index (χ2n) is 3.78. The molecule has 0 aliphatic carbocycles. The smallest absolute Gasteiger partial charge is 0.125 e. The van der Waals surface area contributed by atoms with Crippen molar-refractivity contribution < 1.29 is 0 Å². The van der Waals surface area contributed by atoms with E-state index in [2.05, 4.69) is 21.7 Å². The van der Waals surface area contributed by atoms with Crippen LogP contribution < -0.4 is 10.6 Å². The highest BCUT2D eigenvalue weighted by Crippen LogP contribution is 2.09. The molecule has 0 unspecified atom stereocenters. The van der Waals surface area contributed by atoms with Crippen LogP contribution in [0.25, 0.3) is 0 Å². The zero-order valence-electron chi connectivity index (χ0n) is 8.53. The molecule has 2 rings (SSSR count). The maximum atomic E-state index is 8.61. The molecule has 0 radical (unpaired) electrons. The van der Waals surface area contributed by atoms with Crippen LogP contribution in [0.5, 0.6) is 0 Å². The fourth-order valence-electron chi connectivity index (χ4n) is 1.70. The van der Waals surface area contributed by atoms with E-state index in [1.54, 1.807) is 12.3 Å². The molecule has 1 aromatic rings. The highest BCUT2D eigenvalue weighted by atomic mass is 15.0. The molecule has 1 saturated heterocycles. The first-order chi connectivity index (χ1) is 7.38. The number of anilines is 1. The molecule has 78 valence electrons. The van der Waals surface area contributed by atoms with Gasteiger partial charge < -0.3 is 10.6 Å². The number of nitrogens with one attached hydrogen (secondary N) is 2. The van der Waals surface area contributed by atoms with Crippen molar-refractivity contribution >= 4 is 5.82 Å². The highest BCUT2D eigenvalue weighted by molar-refractivity contribution is 5.38. The van der Waals surface area contributed by atoms with E-state index in [1.165, 1.54) is 6.42 Å². The molecular weight excluding hydrogens is 188 g/mol.